The van der Waals surface area contributed by atoms with E-state index in [4.69, 9.17) is 9.84 Å². The van der Waals surface area contributed by atoms with Gasteiger partial charge in [0.05, 0.1) is 19.3 Å². The lowest BCUT2D eigenvalue weighted by atomic mass is 10.1. The summed E-state index contributed by atoms with van der Waals surface area (Å²) in [5, 5.41) is 13.4. The van der Waals surface area contributed by atoms with Crippen molar-refractivity contribution in [2.24, 2.45) is 7.05 Å². The molecule has 0 aliphatic carbocycles. The highest BCUT2D eigenvalue weighted by Gasteiger charge is 2.16. The molecule has 3 heterocycles. The number of aryl methyl sites for hydroxylation is 1. The van der Waals surface area contributed by atoms with E-state index in [9.17, 15) is 4.79 Å². The van der Waals surface area contributed by atoms with Gasteiger partial charge in [0.2, 0.25) is 0 Å². The Balaban J connectivity index is 1.86. The van der Waals surface area contributed by atoms with Gasteiger partial charge < -0.3 is 24.7 Å². The summed E-state index contributed by atoms with van der Waals surface area (Å²) in [7, 11) is 3.64. The number of carbonyl (C=O) groups excluding carboxylic acids is 1. The van der Waals surface area contributed by atoms with Gasteiger partial charge in [0, 0.05) is 53.5 Å². The zero-order valence-electron chi connectivity index (χ0n) is 15.1. The predicted molar refractivity (Wildman–Crippen MR) is 104 cm³/mol. The fourth-order valence-corrected chi connectivity index (χ4v) is 3.35. The van der Waals surface area contributed by atoms with Crippen molar-refractivity contribution in [3.63, 3.8) is 0 Å². The van der Waals surface area contributed by atoms with Crippen LogP contribution in [0.25, 0.3) is 33.2 Å². The Morgan fingerprint density at radius 3 is 2.93 bits per heavy atom. The number of ether oxygens (including phenoxy) is 1. The molecule has 7 nitrogen and oxygen atoms in total. The largest absolute Gasteiger partial charge is 0.497 e. The summed E-state index contributed by atoms with van der Waals surface area (Å²) >= 11 is 0. The van der Waals surface area contributed by atoms with Crippen LogP contribution < -0.4 is 10.1 Å². The minimum atomic E-state index is -0.235. The molecular weight excluding hydrogens is 344 g/mol. The number of aliphatic hydroxyl groups is 1. The van der Waals surface area contributed by atoms with Gasteiger partial charge in [-0.3, -0.25) is 4.79 Å². The molecule has 1 aromatic carbocycles. The molecule has 0 spiro atoms. The molecule has 0 aliphatic rings. The molecule has 27 heavy (non-hydrogen) atoms. The van der Waals surface area contributed by atoms with Gasteiger partial charge in [0.15, 0.2) is 0 Å². The van der Waals surface area contributed by atoms with E-state index in [0.717, 1.165) is 33.3 Å². The fraction of sp³-hybridized carbons (Fsp3) is 0.200. The SMILES string of the molecule is COc1ccc2c(c1)c(-c1cc3c(C(=O)NCCO)ccnc3[nH]1)cn2C. The van der Waals surface area contributed by atoms with Crippen LogP contribution in [0.1, 0.15) is 10.4 Å². The molecule has 3 aromatic heterocycles. The van der Waals surface area contributed by atoms with Crippen LogP contribution in [0, 0.1) is 0 Å². The Kier molecular flexibility index (Phi) is 4.29. The summed E-state index contributed by atoms with van der Waals surface area (Å²) in [6, 6.07) is 9.57. The summed E-state index contributed by atoms with van der Waals surface area (Å²) in [6.45, 7) is 0.110. The van der Waals surface area contributed by atoms with Crippen LogP contribution in [0.5, 0.6) is 5.75 Å². The maximum atomic E-state index is 12.4. The molecule has 138 valence electrons. The number of hydrogen-bond acceptors (Lipinski definition) is 4. The highest BCUT2D eigenvalue weighted by molar-refractivity contribution is 6.07. The van der Waals surface area contributed by atoms with E-state index in [2.05, 4.69) is 19.9 Å². The van der Waals surface area contributed by atoms with Crippen LogP contribution in [-0.2, 0) is 7.05 Å². The lowest BCUT2D eigenvalue weighted by Crippen LogP contribution is -2.26. The van der Waals surface area contributed by atoms with Crippen LogP contribution in [0.15, 0.2) is 42.7 Å². The van der Waals surface area contributed by atoms with E-state index in [0.29, 0.717) is 11.2 Å². The van der Waals surface area contributed by atoms with E-state index < -0.39 is 0 Å². The smallest absolute Gasteiger partial charge is 0.252 e. The van der Waals surface area contributed by atoms with Gasteiger partial charge in [0.25, 0.3) is 5.91 Å². The van der Waals surface area contributed by atoms with Crippen LogP contribution in [0.4, 0.5) is 0 Å². The molecule has 0 unspecified atom stereocenters. The molecule has 4 aromatic rings. The standard InChI is InChI=1S/C20H20N4O3/c1-24-11-16(14-9-12(27-2)3-4-18(14)24)17-10-15-13(20(26)22-7-8-25)5-6-21-19(15)23-17/h3-6,9-11,25H,7-8H2,1-2H3,(H,21,23)(H,22,26). The van der Waals surface area contributed by atoms with Gasteiger partial charge in [-0.1, -0.05) is 0 Å². The number of benzene rings is 1. The Bertz CT molecular complexity index is 1140. The first-order chi connectivity index (χ1) is 13.1. The number of fused-ring (bicyclic) bond motifs is 2. The van der Waals surface area contributed by atoms with Crippen LogP contribution >= 0.6 is 0 Å². The summed E-state index contributed by atoms with van der Waals surface area (Å²) in [4.78, 5) is 20.0. The number of hydrogen-bond donors (Lipinski definition) is 3. The van der Waals surface area contributed by atoms with Crippen molar-refractivity contribution in [3.8, 4) is 17.0 Å². The zero-order chi connectivity index (χ0) is 19.0. The number of H-pyrrole nitrogens is 1. The van der Waals surface area contributed by atoms with E-state index in [1.165, 1.54) is 0 Å². The predicted octanol–water partition coefficient (Wildman–Crippen LogP) is 2.45. The van der Waals surface area contributed by atoms with Gasteiger partial charge in [-0.25, -0.2) is 4.98 Å². The number of amides is 1. The van der Waals surface area contributed by atoms with Crippen molar-refractivity contribution >= 4 is 27.8 Å². The van der Waals surface area contributed by atoms with Gasteiger partial charge in [0.1, 0.15) is 11.4 Å². The average Bonchev–Trinajstić information content (AvgIpc) is 3.26. The lowest BCUT2D eigenvalue weighted by Gasteiger charge is -2.03. The molecule has 1 amide bonds. The molecule has 0 fully saturated rings. The highest BCUT2D eigenvalue weighted by Crippen LogP contribution is 2.34. The van der Waals surface area contributed by atoms with Crippen molar-refractivity contribution in [2.45, 2.75) is 0 Å². The number of nitrogens with one attached hydrogen (secondary N) is 2. The molecular formula is C20H20N4O3. The monoisotopic (exact) mass is 364 g/mol. The fourth-order valence-electron chi connectivity index (χ4n) is 3.35. The van der Waals surface area contributed by atoms with Gasteiger partial charge in [-0.05, 0) is 30.3 Å². The third-order valence-electron chi connectivity index (χ3n) is 4.66. The Morgan fingerprint density at radius 2 is 2.15 bits per heavy atom. The van der Waals surface area contributed by atoms with E-state index in [1.54, 1.807) is 19.4 Å². The van der Waals surface area contributed by atoms with E-state index in [1.807, 2.05) is 37.5 Å². The average molecular weight is 364 g/mol. The Morgan fingerprint density at radius 1 is 1.30 bits per heavy atom. The minimum absolute atomic E-state index is 0.101. The summed E-state index contributed by atoms with van der Waals surface area (Å²) in [5.74, 6) is 0.551. The van der Waals surface area contributed by atoms with Crippen molar-refractivity contribution in [2.75, 3.05) is 20.3 Å². The summed E-state index contributed by atoms with van der Waals surface area (Å²) in [5.41, 5.74) is 4.12. The quantitative estimate of drug-likeness (QED) is 0.507. The van der Waals surface area contributed by atoms with Gasteiger partial charge in [-0.15, -0.1) is 0 Å². The molecule has 0 aliphatic heterocycles. The molecule has 4 rings (SSSR count). The molecule has 0 radical (unpaired) electrons. The molecule has 7 heteroatoms. The minimum Gasteiger partial charge on any atom is -0.497 e. The third-order valence-corrected chi connectivity index (χ3v) is 4.66. The second kappa shape index (κ2) is 6.77. The number of methoxy groups -OCH3 is 1. The number of nitrogens with zero attached hydrogens (tertiary/aromatic N) is 2. The number of pyridine rings is 1. The highest BCUT2D eigenvalue weighted by atomic mass is 16.5. The molecule has 0 saturated heterocycles. The van der Waals surface area contributed by atoms with Crippen LogP contribution in [0.3, 0.4) is 0 Å². The van der Waals surface area contributed by atoms with E-state index in [-0.39, 0.29) is 19.1 Å². The second-order valence-corrected chi connectivity index (χ2v) is 6.32. The second-order valence-electron chi connectivity index (χ2n) is 6.32. The first-order valence-electron chi connectivity index (χ1n) is 8.62. The van der Waals surface area contributed by atoms with Gasteiger partial charge >= 0.3 is 0 Å². The zero-order valence-corrected chi connectivity index (χ0v) is 15.1. The molecule has 3 N–H and O–H groups in total. The van der Waals surface area contributed by atoms with Gasteiger partial charge in [-0.2, -0.15) is 0 Å². The lowest BCUT2D eigenvalue weighted by molar-refractivity contribution is 0.0946. The number of aromatic nitrogens is 3. The maximum Gasteiger partial charge on any atom is 0.252 e. The van der Waals surface area contributed by atoms with Crippen molar-refractivity contribution in [3.05, 3.63) is 48.3 Å². The maximum absolute atomic E-state index is 12.4. The molecule has 0 atom stereocenters. The van der Waals surface area contributed by atoms with E-state index >= 15 is 0 Å². The number of aliphatic hydroxyl groups excluding tert-OH is 1. The Hall–Kier alpha value is -3.32. The van der Waals surface area contributed by atoms with Crippen molar-refractivity contribution in [1.29, 1.82) is 0 Å². The number of aromatic amines is 1. The van der Waals surface area contributed by atoms with Crippen LogP contribution in [0.2, 0.25) is 0 Å². The normalized spacial score (nSPS) is 11.2. The van der Waals surface area contributed by atoms with Crippen LogP contribution in [-0.4, -0.2) is 45.8 Å². The number of carbonyl (C=O) groups is 1. The van der Waals surface area contributed by atoms with Crippen molar-refractivity contribution in [1.82, 2.24) is 19.9 Å². The molecule has 0 bridgehead atoms. The Labute approximate surface area is 155 Å². The summed E-state index contributed by atoms with van der Waals surface area (Å²) < 4.78 is 7.42. The summed E-state index contributed by atoms with van der Waals surface area (Å²) in [6.07, 6.45) is 3.64. The third kappa shape index (κ3) is 2.92. The molecule has 0 saturated carbocycles. The van der Waals surface area contributed by atoms with Crippen molar-refractivity contribution < 1.29 is 14.6 Å². The first-order valence-corrected chi connectivity index (χ1v) is 8.62. The number of rotatable bonds is 5. The topological polar surface area (TPSA) is 92.2 Å². The first kappa shape index (κ1) is 17.1.